The van der Waals surface area contributed by atoms with E-state index in [1.54, 1.807) is 0 Å². The summed E-state index contributed by atoms with van der Waals surface area (Å²) in [6, 6.07) is 5.77. The molecule has 1 amide bonds. The van der Waals surface area contributed by atoms with E-state index in [0.717, 1.165) is 35.7 Å². The fourth-order valence-electron chi connectivity index (χ4n) is 2.40. The van der Waals surface area contributed by atoms with Crippen LogP contribution in [-0.4, -0.2) is 22.5 Å². The molecule has 1 aliphatic heterocycles. The molecule has 5 heteroatoms. The minimum Gasteiger partial charge on any atom is -0.361 e. The summed E-state index contributed by atoms with van der Waals surface area (Å²) in [6.45, 7) is 2.67. The minimum atomic E-state index is 0.0667. The Labute approximate surface area is 109 Å². The molecule has 3 rings (SSSR count). The lowest BCUT2D eigenvalue weighted by Gasteiger charge is -2.22. The quantitative estimate of drug-likeness (QED) is 0.835. The second-order valence-corrected chi connectivity index (χ2v) is 5.44. The van der Waals surface area contributed by atoms with Crippen molar-refractivity contribution in [3.05, 3.63) is 39.9 Å². The number of rotatable bonds is 2. The van der Waals surface area contributed by atoms with Gasteiger partial charge < -0.3 is 9.42 Å². The second-order valence-electron chi connectivity index (χ2n) is 4.50. The Morgan fingerprint density at radius 2 is 2.50 bits per heavy atom. The van der Waals surface area contributed by atoms with Gasteiger partial charge >= 0.3 is 0 Å². The van der Waals surface area contributed by atoms with Gasteiger partial charge in [0, 0.05) is 12.6 Å². The third kappa shape index (κ3) is 1.95. The van der Waals surface area contributed by atoms with Crippen molar-refractivity contribution < 1.29 is 9.32 Å². The fraction of sp³-hybridized carbons (Fsp3) is 0.385. The Hall–Kier alpha value is -1.62. The van der Waals surface area contributed by atoms with Gasteiger partial charge in [-0.15, -0.1) is 11.3 Å². The lowest BCUT2D eigenvalue weighted by Crippen LogP contribution is -2.30. The van der Waals surface area contributed by atoms with Gasteiger partial charge in [0.25, 0.3) is 5.91 Å². The Morgan fingerprint density at radius 3 is 3.17 bits per heavy atom. The van der Waals surface area contributed by atoms with E-state index in [9.17, 15) is 4.79 Å². The summed E-state index contributed by atoms with van der Waals surface area (Å²) < 4.78 is 5.11. The lowest BCUT2D eigenvalue weighted by atomic mass is 10.1. The first kappa shape index (κ1) is 11.5. The molecule has 1 aliphatic rings. The monoisotopic (exact) mass is 262 g/mol. The molecule has 0 saturated carbocycles. The van der Waals surface area contributed by atoms with Crippen LogP contribution in [0.5, 0.6) is 0 Å². The highest BCUT2D eigenvalue weighted by Crippen LogP contribution is 2.33. The number of hydrogen-bond acceptors (Lipinski definition) is 4. The Morgan fingerprint density at radius 1 is 1.61 bits per heavy atom. The average Bonchev–Trinajstić information content (AvgIpc) is 3.09. The minimum absolute atomic E-state index is 0.0667. The summed E-state index contributed by atoms with van der Waals surface area (Å²) in [5.74, 6) is 0.897. The number of carbonyl (C=O) groups excluding carboxylic acids is 1. The average molecular weight is 262 g/mol. The van der Waals surface area contributed by atoms with Gasteiger partial charge in [0.15, 0.2) is 0 Å². The molecule has 0 radical (unpaired) electrons. The third-order valence-electron chi connectivity index (χ3n) is 3.23. The number of hydrogen-bond donors (Lipinski definition) is 0. The first-order valence-electron chi connectivity index (χ1n) is 6.03. The van der Waals surface area contributed by atoms with Crippen LogP contribution in [0.4, 0.5) is 0 Å². The zero-order valence-corrected chi connectivity index (χ0v) is 10.9. The molecule has 0 bridgehead atoms. The van der Waals surface area contributed by atoms with Crippen LogP contribution in [0.2, 0.25) is 0 Å². The van der Waals surface area contributed by atoms with Gasteiger partial charge in [0.1, 0.15) is 11.5 Å². The molecule has 4 nitrogen and oxygen atoms in total. The van der Waals surface area contributed by atoms with Crippen LogP contribution >= 0.6 is 11.3 Å². The number of carbonyl (C=O) groups is 1. The van der Waals surface area contributed by atoms with Crippen molar-refractivity contribution in [1.82, 2.24) is 10.1 Å². The molecule has 2 aromatic rings. The van der Waals surface area contributed by atoms with Crippen molar-refractivity contribution in [3.63, 3.8) is 0 Å². The largest absolute Gasteiger partial charge is 0.361 e. The summed E-state index contributed by atoms with van der Waals surface area (Å²) in [5, 5.41) is 5.98. The second kappa shape index (κ2) is 4.57. The molecule has 0 unspecified atom stereocenters. The molecule has 0 N–H and O–H groups in total. The number of amides is 1. The van der Waals surface area contributed by atoms with Crippen LogP contribution < -0.4 is 0 Å². The molecule has 1 atom stereocenters. The van der Waals surface area contributed by atoms with Crippen LogP contribution in [0.1, 0.15) is 40.0 Å². The standard InChI is InChI=1S/C13H14N2O2S/c1-9-8-10(14-17-9)11-4-2-6-15(11)13(16)12-5-3-7-18-12/h3,5,7-8,11H,2,4,6H2,1H3/t11-/m1/s1. The molecule has 0 aromatic carbocycles. The third-order valence-corrected chi connectivity index (χ3v) is 4.09. The zero-order chi connectivity index (χ0) is 12.5. The number of aryl methyl sites for hydroxylation is 1. The van der Waals surface area contributed by atoms with E-state index in [-0.39, 0.29) is 11.9 Å². The molecule has 3 heterocycles. The smallest absolute Gasteiger partial charge is 0.264 e. The first-order valence-corrected chi connectivity index (χ1v) is 6.91. The topological polar surface area (TPSA) is 46.3 Å². The normalized spacial score (nSPS) is 19.4. The molecule has 0 aliphatic carbocycles. The molecular weight excluding hydrogens is 248 g/mol. The highest BCUT2D eigenvalue weighted by atomic mass is 32.1. The van der Waals surface area contributed by atoms with Crippen molar-refractivity contribution in [2.24, 2.45) is 0 Å². The predicted molar refractivity (Wildman–Crippen MR) is 68.6 cm³/mol. The number of thiophene rings is 1. The van der Waals surface area contributed by atoms with E-state index < -0.39 is 0 Å². The van der Waals surface area contributed by atoms with E-state index in [0.29, 0.717) is 0 Å². The summed E-state index contributed by atoms with van der Waals surface area (Å²) in [7, 11) is 0. The first-order chi connectivity index (χ1) is 8.75. The van der Waals surface area contributed by atoms with Crippen LogP contribution in [0.25, 0.3) is 0 Å². The Bertz CT molecular complexity index is 547. The molecular formula is C13H14N2O2S. The highest BCUT2D eigenvalue weighted by molar-refractivity contribution is 7.12. The van der Waals surface area contributed by atoms with Crippen molar-refractivity contribution >= 4 is 17.2 Å². The van der Waals surface area contributed by atoms with E-state index >= 15 is 0 Å². The van der Waals surface area contributed by atoms with Crippen molar-refractivity contribution in [2.45, 2.75) is 25.8 Å². The fourth-order valence-corrected chi connectivity index (χ4v) is 3.08. The van der Waals surface area contributed by atoms with E-state index in [1.165, 1.54) is 11.3 Å². The molecule has 0 spiro atoms. The zero-order valence-electron chi connectivity index (χ0n) is 10.1. The molecule has 18 heavy (non-hydrogen) atoms. The van der Waals surface area contributed by atoms with Gasteiger partial charge in [-0.05, 0) is 31.2 Å². The predicted octanol–water partition coefficient (Wildman–Crippen LogP) is 3.02. The summed E-state index contributed by atoms with van der Waals surface area (Å²) in [4.78, 5) is 15.1. The number of aromatic nitrogens is 1. The summed E-state index contributed by atoms with van der Waals surface area (Å²) in [5.41, 5.74) is 0.870. The van der Waals surface area contributed by atoms with Crippen LogP contribution in [0, 0.1) is 6.92 Å². The van der Waals surface area contributed by atoms with Gasteiger partial charge in [0.2, 0.25) is 0 Å². The molecule has 1 saturated heterocycles. The van der Waals surface area contributed by atoms with E-state index in [4.69, 9.17) is 4.52 Å². The van der Waals surface area contributed by atoms with Crippen molar-refractivity contribution in [2.75, 3.05) is 6.54 Å². The molecule has 2 aromatic heterocycles. The van der Waals surface area contributed by atoms with Gasteiger partial charge in [-0.25, -0.2) is 0 Å². The summed E-state index contributed by atoms with van der Waals surface area (Å²) in [6.07, 6.45) is 1.98. The van der Waals surface area contributed by atoms with Crippen LogP contribution in [0.3, 0.4) is 0 Å². The van der Waals surface area contributed by atoms with E-state index in [2.05, 4.69) is 5.16 Å². The van der Waals surface area contributed by atoms with Crippen molar-refractivity contribution in [1.29, 1.82) is 0 Å². The SMILES string of the molecule is Cc1cc([C@H]2CCCN2C(=O)c2cccs2)no1. The van der Waals surface area contributed by atoms with E-state index in [1.807, 2.05) is 35.4 Å². The van der Waals surface area contributed by atoms with Crippen LogP contribution in [0.15, 0.2) is 28.1 Å². The molecule has 1 fully saturated rings. The highest BCUT2D eigenvalue weighted by Gasteiger charge is 2.32. The van der Waals surface area contributed by atoms with Crippen molar-refractivity contribution in [3.8, 4) is 0 Å². The lowest BCUT2D eigenvalue weighted by molar-refractivity contribution is 0.0736. The van der Waals surface area contributed by atoms with Crippen LogP contribution in [-0.2, 0) is 0 Å². The molecule has 94 valence electrons. The maximum absolute atomic E-state index is 12.4. The van der Waals surface area contributed by atoms with Gasteiger partial charge in [0.05, 0.1) is 10.9 Å². The number of nitrogens with zero attached hydrogens (tertiary/aromatic N) is 2. The van der Waals surface area contributed by atoms with Gasteiger partial charge in [-0.1, -0.05) is 11.2 Å². The Kier molecular flexibility index (Phi) is 2.91. The number of likely N-dealkylation sites (tertiary alicyclic amines) is 1. The summed E-state index contributed by atoms with van der Waals surface area (Å²) >= 11 is 1.49. The maximum atomic E-state index is 12.4. The van der Waals surface area contributed by atoms with Gasteiger partial charge in [-0.2, -0.15) is 0 Å². The van der Waals surface area contributed by atoms with Gasteiger partial charge in [-0.3, -0.25) is 4.79 Å². The Balaban J connectivity index is 1.85. The maximum Gasteiger partial charge on any atom is 0.264 e.